The molecule has 0 aromatic heterocycles. The summed E-state index contributed by atoms with van der Waals surface area (Å²) in [6, 6.07) is 62.0. The maximum atomic E-state index is 2.47. The van der Waals surface area contributed by atoms with E-state index in [0.29, 0.717) is 0 Å². The summed E-state index contributed by atoms with van der Waals surface area (Å²) in [6.45, 7) is 6.95. The zero-order chi connectivity index (χ0) is 32.0. The van der Waals surface area contributed by atoms with Crippen molar-refractivity contribution in [2.75, 3.05) is 4.90 Å². The first kappa shape index (κ1) is 28.8. The fourth-order valence-corrected chi connectivity index (χ4v) is 7.07. The van der Waals surface area contributed by atoms with Crippen molar-refractivity contribution in [1.29, 1.82) is 0 Å². The highest BCUT2D eigenvalue weighted by Crippen LogP contribution is 2.46. The average Bonchev–Trinajstić information content (AvgIpc) is 3.12. The van der Waals surface area contributed by atoms with Crippen LogP contribution in [0.3, 0.4) is 0 Å². The molecule has 1 nitrogen and oxygen atoms in total. The number of hydrogen-bond donors (Lipinski definition) is 0. The summed E-state index contributed by atoms with van der Waals surface area (Å²) in [7, 11) is 0. The van der Waals surface area contributed by atoms with Gasteiger partial charge in [-0.2, -0.15) is 0 Å². The van der Waals surface area contributed by atoms with E-state index in [9.17, 15) is 0 Å². The van der Waals surface area contributed by atoms with E-state index in [-0.39, 0.29) is 5.41 Å². The normalized spacial score (nSPS) is 11.7. The van der Waals surface area contributed by atoms with Crippen molar-refractivity contribution in [3.63, 3.8) is 0 Å². The molecule has 0 fully saturated rings. The zero-order valence-electron chi connectivity index (χ0n) is 27.1. The van der Waals surface area contributed by atoms with E-state index in [0.717, 1.165) is 11.4 Å². The van der Waals surface area contributed by atoms with Crippen molar-refractivity contribution in [2.24, 2.45) is 0 Å². The van der Waals surface area contributed by atoms with Crippen LogP contribution in [0.5, 0.6) is 0 Å². The first-order chi connectivity index (χ1) is 23.0. The van der Waals surface area contributed by atoms with Crippen LogP contribution in [0.4, 0.5) is 17.1 Å². The van der Waals surface area contributed by atoms with Gasteiger partial charge in [-0.25, -0.2) is 0 Å². The second-order valence-electron chi connectivity index (χ2n) is 13.4. The van der Waals surface area contributed by atoms with E-state index < -0.39 is 0 Å². The van der Waals surface area contributed by atoms with E-state index >= 15 is 0 Å². The molecule has 0 amide bonds. The molecule has 0 N–H and O–H groups in total. The van der Waals surface area contributed by atoms with Crippen molar-refractivity contribution < 1.29 is 0 Å². The van der Waals surface area contributed by atoms with Gasteiger partial charge in [0.15, 0.2) is 0 Å². The molecule has 0 saturated heterocycles. The summed E-state index contributed by atoms with van der Waals surface area (Å²) >= 11 is 0. The maximum absolute atomic E-state index is 2.47. The van der Waals surface area contributed by atoms with Crippen LogP contribution < -0.4 is 4.90 Å². The third kappa shape index (κ3) is 5.24. The highest BCUT2D eigenvalue weighted by molar-refractivity contribution is 6.21. The van der Waals surface area contributed by atoms with Gasteiger partial charge < -0.3 is 4.90 Å². The molecule has 8 aromatic rings. The number of nitrogens with zero attached hydrogens (tertiary/aromatic N) is 1. The van der Waals surface area contributed by atoms with Crippen LogP contribution in [-0.4, -0.2) is 0 Å². The van der Waals surface area contributed by atoms with Gasteiger partial charge in [0.2, 0.25) is 0 Å². The smallest absolute Gasteiger partial charge is 0.0546 e. The van der Waals surface area contributed by atoms with Crippen molar-refractivity contribution in [3.8, 4) is 22.3 Å². The third-order valence-electron chi connectivity index (χ3n) is 9.35. The molecule has 1 heteroatoms. The Morgan fingerprint density at radius 3 is 1.72 bits per heavy atom. The van der Waals surface area contributed by atoms with Gasteiger partial charge in [0.1, 0.15) is 0 Å². The number of hydrogen-bond acceptors (Lipinski definition) is 1. The quantitative estimate of drug-likeness (QED) is 0.177. The Hall–Kier alpha value is -5.66. The third-order valence-corrected chi connectivity index (χ3v) is 9.35. The van der Waals surface area contributed by atoms with Crippen LogP contribution >= 0.6 is 0 Å². The number of anilines is 3. The highest BCUT2D eigenvalue weighted by atomic mass is 15.1. The lowest BCUT2D eigenvalue weighted by Crippen LogP contribution is -2.16. The van der Waals surface area contributed by atoms with Crippen molar-refractivity contribution in [1.82, 2.24) is 0 Å². The molecule has 8 rings (SSSR count). The van der Waals surface area contributed by atoms with Gasteiger partial charge in [0.05, 0.1) is 5.69 Å². The first-order valence-electron chi connectivity index (χ1n) is 16.4. The van der Waals surface area contributed by atoms with Gasteiger partial charge in [0, 0.05) is 16.8 Å². The van der Waals surface area contributed by atoms with Gasteiger partial charge in [-0.1, -0.05) is 160 Å². The van der Waals surface area contributed by atoms with E-state index in [1.807, 2.05) is 0 Å². The highest BCUT2D eigenvalue weighted by Gasteiger charge is 2.24. The predicted molar refractivity (Wildman–Crippen MR) is 203 cm³/mol. The van der Waals surface area contributed by atoms with Gasteiger partial charge in [-0.05, 0) is 90.5 Å². The summed E-state index contributed by atoms with van der Waals surface area (Å²) in [6.07, 6.45) is 0. The Labute approximate surface area is 277 Å². The standard InChI is InChI=1S/C46H37N/c1-46(2,3)44-30-37(26-28-39(44)33-17-8-5-9-18-33)47(36-21-14-20-35(29-36)32-15-6-4-7-16-32)45-31-43-38-22-11-10-19-34(38)25-27-41(43)40-23-12-13-24-42(40)45/h4-31H,1-3H3. The lowest BCUT2D eigenvalue weighted by Gasteiger charge is -2.31. The topological polar surface area (TPSA) is 3.24 Å². The Morgan fingerprint density at radius 1 is 0.383 bits per heavy atom. The molecule has 0 heterocycles. The van der Waals surface area contributed by atoms with Crippen molar-refractivity contribution >= 4 is 49.4 Å². The number of rotatable bonds is 5. The number of fused-ring (bicyclic) bond motifs is 5. The molecule has 0 spiro atoms. The summed E-state index contributed by atoms with van der Waals surface area (Å²) in [5, 5.41) is 7.54. The zero-order valence-corrected chi connectivity index (χ0v) is 27.1. The van der Waals surface area contributed by atoms with Crippen molar-refractivity contribution in [3.05, 3.63) is 175 Å². The van der Waals surface area contributed by atoms with E-state index in [2.05, 4.69) is 196 Å². The van der Waals surface area contributed by atoms with E-state index in [1.165, 1.54) is 65.8 Å². The Kier molecular flexibility index (Phi) is 7.11. The molecule has 0 aliphatic heterocycles. The molecule has 226 valence electrons. The van der Waals surface area contributed by atoms with Gasteiger partial charge in [-0.3, -0.25) is 0 Å². The van der Waals surface area contributed by atoms with Crippen molar-refractivity contribution in [2.45, 2.75) is 26.2 Å². The molecule has 47 heavy (non-hydrogen) atoms. The van der Waals surface area contributed by atoms with Crippen LogP contribution in [0, 0.1) is 0 Å². The first-order valence-corrected chi connectivity index (χ1v) is 16.4. The summed E-state index contributed by atoms with van der Waals surface area (Å²) in [5.74, 6) is 0. The largest absolute Gasteiger partial charge is 0.310 e. The fourth-order valence-electron chi connectivity index (χ4n) is 7.07. The van der Waals surface area contributed by atoms with Crippen LogP contribution in [0.2, 0.25) is 0 Å². The van der Waals surface area contributed by atoms with Crippen LogP contribution in [-0.2, 0) is 5.41 Å². The summed E-state index contributed by atoms with van der Waals surface area (Å²) in [5.41, 5.74) is 9.61. The summed E-state index contributed by atoms with van der Waals surface area (Å²) in [4.78, 5) is 2.47. The Balaban J connectivity index is 1.45. The molecule has 8 aromatic carbocycles. The molecular formula is C46H37N. The molecule has 0 radical (unpaired) electrons. The number of benzene rings is 8. The molecule has 0 unspecified atom stereocenters. The minimum atomic E-state index is -0.0691. The second kappa shape index (κ2) is 11.6. The molecule has 0 saturated carbocycles. The van der Waals surface area contributed by atoms with Crippen LogP contribution in [0.15, 0.2) is 170 Å². The van der Waals surface area contributed by atoms with E-state index in [4.69, 9.17) is 0 Å². The Morgan fingerprint density at radius 2 is 0.979 bits per heavy atom. The lowest BCUT2D eigenvalue weighted by molar-refractivity contribution is 0.592. The van der Waals surface area contributed by atoms with E-state index in [1.54, 1.807) is 0 Å². The molecule has 0 aliphatic carbocycles. The maximum Gasteiger partial charge on any atom is 0.0546 e. The molecular weight excluding hydrogens is 567 g/mol. The molecule has 0 bridgehead atoms. The lowest BCUT2D eigenvalue weighted by atomic mass is 9.81. The SMILES string of the molecule is CC(C)(C)c1cc(N(c2cccc(-c3ccccc3)c2)c2cc3c4ccccc4ccc3c3ccccc23)ccc1-c1ccccc1. The molecule has 0 atom stereocenters. The second-order valence-corrected chi connectivity index (χ2v) is 13.4. The fraction of sp³-hybridized carbons (Fsp3) is 0.0870. The monoisotopic (exact) mass is 603 g/mol. The van der Waals surface area contributed by atoms with Gasteiger partial charge in [-0.15, -0.1) is 0 Å². The Bertz CT molecular complexity index is 2380. The van der Waals surface area contributed by atoms with Gasteiger partial charge in [0.25, 0.3) is 0 Å². The predicted octanol–water partition coefficient (Wildman–Crippen LogP) is 13.2. The van der Waals surface area contributed by atoms with Crippen LogP contribution in [0.1, 0.15) is 26.3 Å². The summed E-state index contributed by atoms with van der Waals surface area (Å²) < 4.78 is 0. The average molecular weight is 604 g/mol. The van der Waals surface area contributed by atoms with Crippen LogP contribution in [0.25, 0.3) is 54.6 Å². The minimum Gasteiger partial charge on any atom is -0.310 e. The molecule has 0 aliphatic rings. The van der Waals surface area contributed by atoms with Gasteiger partial charge >= 0.3 is 0 Å². The minimum absolute atomic E-state index is 0.0691.